The number of fused-ring (bicyclic) bond motifs is 4. The number of hydrogen-bond donors (Lipinski definition) is 0. The molecule has 1 aliphatic carbocycles. The fourth-order valence-corrected chi connectivity index (χ4v) is 5.73. The van der Waals surface area contributed by atoms with Gasteiger partial charge < -0.3 is 0 Å². The summed E-state index contributed by atoms with van der Waals surface area (Å²) in [7, 11) is 0. The van der Waals surface area contributed by atoms with E-state index < -0.39 is 189 Å². The van der Waals surface area contributed by atoms with Crippen molar-refractivity contribution in [3.63, 3.8) is 0 Å². The van der Waals surface area contributed by atoms with E-state index in [1.54, 1.807) is 44.2 Å². The van der Waals surface area contributed by atoms with Crippen LogP contribution in [-0.2, 0) is 5.41 Å². The first-order valence-corrected chi connectivity index (χ1v) is 15.0. The van der Waals surface area contributed by atoms with E-state index >= 15 is 0 Å². The molecule has 1 heterocycles. The minimum absolute atomic E-state index is 0.0171. The van der Waals surface area contributed by atoms with Gasteiger partial charge in [0, 0.05) is 22.1 Å². The van der Waals surface area contributed by atoms with Gasteiger partial charge in [-0.05, 0) is 61.3 Å². The molecule has 0 N–H and O–H groups in total. The molecule has 3 heteroatoms. The van der Waals surface area contributed by atoms with Gasteiger partial charge in [-0.2, -0.15) is 0 Å². The Hall–Kier alpha value is -6.19. The molecule has 232 valence electrons. The van der Waals surface area contributed by atoms with Crippen LogP contribution in [0.15, 0.2) is 163 Å². The Morgan fingerprint density at radius 2 is 0.959 bits per heavy atom. The van der Waals surface area contributed by atoms with E-state index in [-0.39, 0.29) is 39.2 Å². The zero-order chi connectivity index (χ0) is 52.1. The summed E-state index contributed by atoms with van der Waals surface area (Å²) in [5.74, 6) is -1.31. The van der Waals surface area contributed by atoms with Crippen LogP contribution in [0.4, 0.5) is 0 Å². The number of nitrogens with zero attached hydrogens (tertiary/aromatic N) is 3. The van der Waals surface area contributed by atoms with Crippen molar-refractivity contribution in [2.75, 3.05) is 0 Å². The highest BCUT2D eigenvalue weighted by Gasteiger charge is 2.36. The van der Waals surface area contributed by atoms with Crippen LogP contribution in [-0.4, -0.2) is 15.0 Å². The molecule has 1 aliphatic rings. The number of hydrogen-bond acceptors (Lipinski definition) is 3. The van der Waals surface area contributed by atoms with Crippen molar-refractivity contribution in [1.29, 1.82) is 0 Å². The van der Waals surface area contributed by atoms with Crippen molar-refractivity contribution in [1.82, 2.24) is 15.0 Å². The molecule has 7 aromatic carbocycles. The predicted molar refractivity (Wildman–Crippen MR) is 202 cm³/mol. The van der Waals surface area contributed by atoms with Gasteiger partial charge in [0.05, 0.1) is 30.2 Å². The lowest BCUT2D eigenvalue weighted by Crippen LogP contribution is -2.14. The third-order valence-corrected chi connectivity index (χ3v) is 8.18. The van der Waals surface area contributed by atoms with Gasteiger partial charge in [-0.3, -0.25) is 0 Å². The Morgan fingerprint density at radius 1 is 0.429 bits per heavy atom. The van der Waals surface area contributed by atoms with Crippen molar-refractivity contribution < 1.29 is 30.2 Å². The molecule has 0 spiro atoms. The summed E-state index contributed by atoms with van der Waals surface area (Å²) in [6, 6.07) is -7.77. The van der Waals surface area contributed by atoms with E-state index in [0.29, 0.717) is 0 Å². The third kappa shape index (κ3) is 5.03. The first-order valence-electron chi connectivity index (χ1n) is 26.0. The minimum atomic E-state index is -1.36. The molecule has 0 atom stereocenters. The fourth-order valence-electron chi connectivity index (χ4n) is 5.73. The summed E-state index contributed by atoms with van der Waals surface area (Å²) < 4.78 is 196. The van der Waals surface area contributed by atoms with Crippen molar-refractivity contribution in [2.24, 2.45) is 0 Å². The lowest BCUT2D eigenvalue weighted by molar-refractivity contribution is 0.660. The van der Waals surface area contributed by atoms with Gasteiger partial charge in [-0.1, -0.05) is 171 Å². The van der Waals surface area contributed by atoms with Crippen LogP contribution < -0.4 is 0 Å². The molecule has 49 heavy (non-hydrogen) atoms. The molecule has 3 nitrogen and oxygen atoms in total. The zero-order valence-electron chi connectivity index (χ0n) is 47.7. The summed E-state index contributed by atoms with van der Waals surface area (Å²) >= 11 is 0. The Labute approximate surface area is 317 Å². The molecular weight excluding hydrogens is 595 g/mol. The highest BCUT2D eigenvalue weighted by molar-refractivity contribution is 5.93. The maximum atomic E-state index is 9.41. The molecule has 0 aliphatic heterocycles. The van der Waals surface area contributed by atoms with Gasteiger partial charge in [0.1, 0.15) is 0 Å². The molecule has 0 radical (unpaired) electrons. The highest BCUT2D eigenvalue weighted by Crippen LogP contribution is 2.52. The monoisotopic (exact) mass is 649 g/mol. The van der Waals surface area contributed by atoms with Gasteiger partial charge in [-0.25, -0.2) is 15.0 Å². The van der Waals surface area contributed by atoms with Gasteiger partial charge in [0.25, 0.3) is 0 Å². The zero-order valence-corrected chi connectivity index (χ0v) is 25.7. The largest absolute Gasteiger partial charge is 0.208 e. The smallest absolute Gasteiger partial charge is 0.164 e. The maximum Gasteiger partial charge on any atom is 0.164 e. The van der Waals surface area contributed by atoms with E-state index in [9.17, 15) is 8.22 Å². The Balaban J connectivity index is 1.31. The lowest BCUT2D eigenvalue weighted by atomic mass is 9.82. The van der Waals surface area contributed by atoms with Crippen LogP contribution in [0.3, 0.4) is 0 Å². The summed E-state index contributed by atoms with van der Waals surface area (Å²) in [5, 5.41) is -0.928. The standard InChI is InChI=1S/C46H33N3/c1-46(2)40-17-9-8-15-39(40)42-38(16-10-18-41(42)46)32-22-26-35(27-23-32)45-48-43(33-12-4-3-5-13-33)47-44(49-45)34-24-19-31(20-25-34)37-28-21-30-11-6-7-14-36(30)29-37/h3-29H,1-2H3/i6D,7D,8D,9D,10D,11D,14D,15D,16D,17D,18D,19D,20D,21D,22D,23D,24D,25D,26D,27D,28D,29D. The lowest BCUT2D eigenvalue weighted by Gasteiger charge is -2.21. The molecule has 0 saturated heterocycles. The van der Waals surface area contributed by atoms with Gasteiger partial charge in [0.2, 0.25) is 0 Å². The second kappa shape index (κ2) is 11.5. The highest BCUT2D eigenvalue weighted by atomic mass is 15.0. The van der Waals surface area contributed by atoms with E-state index in [1.165, 1.54) is 0 Å². The molecule has 0 saturated carbocycles. The van der Waals surface area contributed by atoms with Gasteiger partial charge in [-0.15, -0.1) is 0 Å². The van der Waals surface area contributed by atoms with Crippen LogP contribution in [0.1, 0.15) is 55.1 Å². The van der Waals surface area contributed by atoms with E-state index in [4.69, 9.17) is 21.9 Å². The molecule has 1 aromatic heterocycles. The minimum Gasteiger partial charge on any atom is -0.208 e. The third-order valence-electron chi connectivity index (χ3n) is 8.18. The molecule has 0 amide bonds. The first-order chi connectivity index (χ1) is 33.2. The van der Waals surface area contributed by atoms with Crippen LogP contribution in [0.5, 0.6) is 0 Å². The second-order valence-electron chi connectivity index (χ2n) is 11.5. The van der Waals surface area contributed by atoms with Crippen molar-refractivity contribution in [3.8, 4) is 67.5 Å². The molecule has 8 aromatic rings. The number of aromatic nitrogens is 3. The van der Waals surface area contributed by atoms with E-state index in [1.807, 2.05) is 0 Å². The van der Waals surface area contributed by atoms with Crippen molar-refractivity contribution in [3.05, 3.63) is 174 Å². The topological polar surface area (TPSA) is 38.7 Å². The fraction of sp³-hybridized carbons (Fsp3) is 0.0652. The molecule has 0 fully saturated rings. The van der Waals surface area contributed by atoms with Gasteiger partial charge >= 0.3 is 0 Å². The van der Waals surface area contributed by atoms with E-state index in [0.717, 1.165) is 0 Å². The van der Waals surface area contributed by atoms with Crippen LogP contribution >= 0.6 is 0 Å². The molecule has 0 unspecified atom stereocenters. The van der Waals surface area contributed by atoms with Crippen LogP contribution in [0.25, 0.3) is 78.3 Å². The predicted octanol–water partition coefficient (Wildman–Crippen LogP) is 11.7. The van der Waals surface area contributed by atoms with Crippen LogP contribution in [0, 0.1) is 0 Å². The summed E-state index contributed by atoms with van der Waals surface area (Å²) in [4.78, 5) is 13.4. The van der Waals surface area contributed by atoms with Crippen molar-refractivity contribution >= 4 is 10.8 Å². The van der Waals surface area contributed by atoms with E-state index in [2.05, 4.69) is 15.0 Å². The Bertz CT molecular complexity index is 3710. The molecular formula is C46H33N3. The average molecular weight is 650 g/mol. The summed E-state index contributed by atoms with van der Waals surface area (Å²) in [6.45, 7) is 3.16. The Kier molecular flexibility index (Phi) is 3.31. The van der Waals surface area contributed by atoms with Crippen LogP contribution in [0.2, 0.25) is 0 Å². The number of rotatable bonds is 5. The normalized spacial score (nSPS) is 19.1. The maximum absolute atomic E-state index is 9.41. The SMILES string of the molecule is [2H]c1c([2H])c([2H])c2c(c1[2H])-c1c(-c3c([2H])c([2H])c(-c4nc(-c5ccccc5)nc(-c5c([2H])c([2H])c(-c6c([2H])c([2H])c7c([2H])c([2H])c([2H])c([2H])c7c6[2H])c([2H])c5[2H])n4)c([2H])c3[2H])c([2H])c([2H])c([2H])c1C2(C)C. The van der Waals surface area contributed by atoms with Crippen molar-refractivity contribution in [2.45, 2.75) is 19.3 Å². The second-order valence-corrected chi connectivity index (χ2v) is 11.5. The average Bonchev–Trinajstić information content (AvgIpc) is 3.59. The summed E-state index contributed by atoms with van der Waals surface area (Å²) in [6.07, 6.45) is 0. The Morgan fingerprint density at radius 3 is 1.67 bits per heavy atom. The molecule has 9 rings (SSSR count). The molecule has 0 bridgehead atoms. The quantitative estimate of drug-likeness (QED) is 0.186. The van der Waals surface area contributed by atoms with Gasteiger partial charge in [0.15, 0.2) is 17.5 Å². The summed E-state index contributed by atoms with van der Waals surface area (Å²) in [5.41, 5.74) is -4.60. The first kappa shape index (κ1) is 14.1. The number of benzene rings is 7.